The second-order valence-corrected chi connectivity index (χ2v) is 5.77. The van der Waals surface area contributed by atoms with Gasteiger partial charge in [0.2, 0.25) is 0 Å². The molecule has 0 radical (unpaired) electrons. The lowest BCUT2D eigenvalue weighted by atomic mass is 10.1. The minimum absolute atomic E-state index is 0.0750. The summed E-state index contributed by atoms with van der Waals surface area (Å²) in [5.74, 6) is 0.561. The molecule has 0 bridgehead atoms. The van der Waals surface area contributed by atoms with E-state index in [1.807, 2.05) is 18.2 Å². The van der Waals surface area contributed by atoms with E-state index in [0.29, 0.717) is 17.9 Å². The van der Waals surface area contributed by atoms with Crippen LogP contribution in [0.5, 0.6) is 0 Å². The van der Waals surface area contributed by atoms with Crippen LogP contribution in [0.2, 0.25) is 0 Å². The summed E-state index contributed by atoms with van der Waals surface area (Å²) >= 11 is 0. The summed E-state index contributed by atoms with van der Waals surface area (Å²) in [4.78, 5) is 14.7. The van der Waals surface area contributed by atoms with E-state index in [-0.39, 0.29) is 5.91 Å². The van der Waals surface area contributed by atoms with Gasteiger partial charge in [0.25, 0.3) is 5.91 Å². The number of aromatic nitrogens is 4. The first kappa shape index (κ1) is 16.5. The highest BCUT2D eigenvalue weighted by Crippen LogP contribution is 2.16. The molecule has 1 amide bonds. The number of rotatable bonds is 6. The quantitative estimate of drug-likeness (QED) is 0.768. The fourth-order valence-corrected chi connectivity index (χ4v) is 2.70. The van der Waals surface area contributed by atoms with Crippen molar-refractivity contribution in [3.8, 4) is 11.4 Å². The Morgan fingerprint density at radius 3 is 2.92 bits per heavy atom. The van der Waals surface area contributed by atoms with Crippen molar-refractivity contribution in [2.75, 3.05) is 39.4 Å². The van der Waals surface area contributed by atoms with E-state index in [2.05, 4.69) is 25.7 Å². The Balaban J connectivity index is 1.51. The molecule has 0 spiro atoms. The molecule has 0 aliphatic carbocycles. The smallest absolute Gasteiger partial charge is 0.251 e. The summed E-state index contributed by atoms with van der Waals surface area (Å²) < 4.78 is 6.91. The summed E-state index contributed by atoms with van der Waals surface area (Å²) in [7, 11) is 1.77. The second-order valence-electron chi connectivity index (χ2n) is 5.77. The lowest BCUT2D eigenvalue weighted by Crippen LogP contribution is -2.38. The van der Waals surface area contributed by atoms with Crippen LogP contribution in [0.4, 0.5) is 0 Å². The van der Waals surface area contributed by atoms with E-state index < -0.39 is 0 Å². The summed E-state index contributed by atoms with van der Waals surface area (Å²) in [6.07, 6.45) is 0.929. The van der Waals surface area contributed by atoms with E-state index in [1.54, 1.807) is 17.8 Å². The Kier molecular flexibility index (Phi) is 5.50. The molecule has 1 N–H and O–H groups in total. The van der Waals surface area contributed by atoms with Crippen LogP contribution in [-0.4, -0.2) is 70.4 Å². The molecule has 1 fully saturated rings. The fourth-order valence-electron chi connectivity index (χ4n) is 2.70. The highest BCUT2D eigenvalue weighted by molar-refractivity contribution is 5.95. The van der Waals surface area contributed by atoms with Gasteiger partial charge >= 0.3 is 0 Å². The Labute approximate surface area is 140 Å². The van der Waals surface area contributed by atoms with Gasteiger partial charge in [-0.15, -0.1) is 5.10 Å². The van der Waals surface area contributed by atoms with Gasteiger partial charge in [0.1, 0.15) is 0 Å². The van der Waals surface area contributed by atoms with Crippen molar-refractivity contribution in [2.24, 2.45) is 7.05 Å². The zero-order valence-corrected chi connectivity index (χ0v) is 13.8. The normalized spacial score (nSPS) is 15.4. The number of aryl methyl sites for hydroxylation is 1. The zero-order valence-electron chi connectivity index (χ0n) is 13.8. The van der Waals surface area contributed by atoms with Gasteiger partial charge in [-0.2, -0.15) is 0 Å². The Morgan fingerprint density at radius 2 is 2.17 bits per heavy atom. The van der Waals surface area contributed by atoms with Gasteiger partial charge in [0.15, 0.2) is 5.82 Å². The third kappa shape index (κ3) is 4.15. The summed E-state index contributed by atoms with van der Waals surface area (Å²) in [6.45, 7) is 5.19. The number of ether oxygens (including phenoxy) is 1. The molecule has 1 saturated heterocycles. The van der Waals surface area contributed by atoms with Gasteiger partial charge in [-0.25, -0.2) is 4.68 Å². The summed E-state index contributed by atoms with van der Waals surface area (Å²) in [5, 5.41) is 14.4. The van der Waals surface area contributed by atoms with Gasteiger partial charge in [-0.05, 0) is 35.5 Å². The molecule has 0 atom stereocenters. The van der Waals surface area contributed by atoms with E-state index in [9.17, 15) is 4.79 Å². The van der Waals surface area contributed by atoms with Crippen molar-refractivity contribution in [3.63, 3.8) is 0 Å². The highest BCUT2D eigenvalue weighted by atomic mass is 16.5. The number of carbonyl (C=O) groups is 1. The Hall–Kier alpha value is -2.32. The second kappa shape index (κ2) is 7.98. The predicted octanol–water partition coefficient (Wildman–Crippen LogP) is 0.329. The number of hydrogen-bond donors (Lipinski definition) is 1. The lowest BCUT2D eigenvalue weighted by molar-refractivity contribution is 0.0374. The topological polar surface area (TPSA) is 85.2 Å². The van der Waals surface area contributed by atoms with Crippen LogP contribution in [0, 0.1) is 0 Å². The molecule has 0 unspecified atom stereocenters. The largest absolute Gasteiger partial charge is 0.379 e. The highest BCUT2D eigenvalue weighted by Gasteiger charge is 2.12. The summed E-state index contributed by atoms with van der Waals surface area (Å²) in [5.41, 5.74) is 1.44. The van der Waals surface area contributed by atoms with Crippen molar-refractivity contribution in [3.05, 3.63) is 29.8 Å². The molecule has 8 heteroatoms. The average molecular weight is 330 g/mol. The van der Waals surface area contributed by atoms with Gasteiger partial charge in [0, 0.05) is 37.8 Å². The number of benzene rings is 1. The van der Waals surface area contributed by atoms with Crippen molar-refractivity contribution in [2.45, 2.75) is 6.42 Å². The first-order valence-electron chi connectivity index (χ1n) is 8.15. The molecule has 0 saturated carbocycles. The van der Waals surface area contributed by atoms with Crippen molar-refractivity contribution in [1.29, 1.82) is 0 Å². The molecule has 8 nitrogen and oxygen atoms in total. The molecule has 1 aliphatic rings. The van der Waals surface area contributed by atoms with Gasteiger partial charge < -0.3 is 10.1 Å². The standard InChI is InChI=1S/C16H22N6O2/c1-21-15(18-19-20-21)13-4-2-5-14(12-13)16(23)17-6-3-7-22-8-10-24-11-9-22/h2,4-5,12H,3,6-11H2,1H3,(H,17,23). The molecule has 1 aromatic heterocycles. The van der Waals surface area contributed by atoms with E-state index in [0.717, 1.165) is 44.8 Å². The van der Waals surface area contributed by atoms with Crippen molar-refractivity contribution < 1.29 is 9.53 Å². The summed E-state index contributed by atoms with van der Waals surface area (Å²) in [6, 6.07) is 7.33. The molecule has 1 aromatic carbocycles. The Bertz CT molecular complexity index is 681. The number of nitrogens with zero attached hydrogens (tertiary/aromatic N) is 5. The maximum atomic E-state index is 12.3. The van der Waals surface area contributed by atoms with E-state index in [1.165, 1.54) is 0 Å². The number of tetrazole rings is 1. The van der Waals surface area contributed by atoms with E-state index >= 15 is 0 Å². The SMILES string of the molecule is Cn1nnnc1-c1cccc(C(=O)NCCCN2CCOCC2)c1. The fraction of sp³-hybridized carbons (Fsp3) is 0.500. The zero-order chi connectivity index (χ0) is 16.8. The average Bonchev–Trinajstić information content (AvgIpc) is 3.05. The minimum atomic E-state index is -0.0750. The van der Waals surface area contributed by atoms with Crippen molar-refractivity contribution in [1.82, 2.24) is 30.4 Å². The third-order valence-electron chi connectivity index (χ3n) is 4.04. The van der Waals surface area contributed by atoms with Crippen LogP contribution in [0.25, 0.3) is 11.4 Å². The molecular formula is C16H22N6O2. The van der Waals surface area contributed by atoms with Crippen LogP contribution in [0.3, 0.4) is 0 Å². The Morgan fingerprint density at radius 1 is 1.33 bits per heavy atom. The van der Waals surface area contributed by atoms with Crippen LogP contribution < -0.4 is 5.32 Å². The maximum Gasteiger partial charge on any atom is 0.251 e. The number of nitrogens with one attached hydrogen (secondary N) is 1. The molecule has 2 aromatic rings. The predicted molar refractivity (Wildman–Crippen MR) is 88.4 cm³/mol. The number of carbonyl (C=O) groups excluding carboxylic acids is 1. The maximum absolute atomic E-state index is 12.3. The van der Waals surface area contributed by atoms with Gasteiger partial charge in [0.05, 0.1) is 13.2 Å². The molecule has 2 heterocycles. The molecule has 1 aliphatic heterocycles. The van der Waals surface area contributed by atoms with Crippen LogP contribution >= 0.6 is 0 Å². The van der Waals surface area contributed by atoms with Crippen molar-refractivity contribution >= 4 is 5.91 Å². The molecule has 24 heavy (non-hydrogen) atoms. The first-order valence-corrected chi connectivity index (χ1v) is 8.15. The first-order chi connectivity index (χ1) is 11.7. The van der Waals surface area contributed by atoms with Gasteiger partial charge in [-0.1, -0.05) is 12.1 Å². The number of amides is 1. The molecular weight excluding hydrogens is 308 g/mol. The van der Waals surface area contributed by atoms with Gasteiger partial charge in [-0.3, -0.25) is 9.69 Å². The third-order valence-corrected chi connectivity index (χ3v) is 4.04. The number of morpholine rings is 1. The monoisotopic (exact) mass is 330 g/mol. The minimum Gasteiger partial charge on any atom is -0.379 e. The van der Waals surface area contributed by atoms with E-state index in [4.69, 9.17) is 4.74 Å². The lowest BCUT2D eigenvalue weighted by Gasteiger charge is -2.26. The van der Waals surface area contributed by atoms with Crippen LogP contribution in [-0.2, 0) is 11.8 Å². The van der Waals surface area contributed by atoms with Crippen LogP contribution in [0.15, 0.2) is 24.3 Å². The van der Waals surface area contributed by atoms with Crippen LogP contribution in [0.1, 0.15) is 16.8 Å². The molecule has 3 rings (SSSR count). The number of hydrogen-bond acceptors (Lipinski definition) is 6. The molecule has 128 valence electrons.